The van der Waals surface area contributed by atoms with E-state index in [1.165, 1.54) is 17.9 Å². The van der Waals surface area contributed by atoms with Gasteiger partial charge in [0.1, 0.15) is 5.56 Å². The zero-order chi connectivity index (χ0) is 23.8. The second-order valence-corrected chi connectivity index (χ2v) is 10.6. The van der Waals surface area contributed by atoms with Gasteiger partial charge in [0.15, 0.2) is 5.82 Å². The van der Waals surface area contributed by atoms with Crippen molar-refractivity contribution >= 4 is 38.8 Å². The van der Waals surface area contributed by atoms with Crippen molar-refractivity contribution in [2.24, 2.45) is 7.05 Å². The Kier molecular flexibility index (Phi) is 6.05. The molecule has 10 heteroatoms. The van der Waals surface area contributed by atoms with Crippen LogP contribution in [0.1, 0.15) is 20.9 Å². The molecule has 8 nitrogen and oxygen atoms in total. The molecule has 2 aromatic heterocycles. The number of nitrogens with one attached hydrogen (secondary N) is 1. The Morgan fingerprint density at radius 2 is 1.73 bits per heavy atom. The second kappa shape index (κ2) is 8.80. The van der Waals surface area contributed by atoms with Crippen LogP contribution in [0.4, 0.5) is 11.5 Å². The maximum absolute atomic E-state index is 13.1. The Morgan fingerprint density at radius 1 is 1.06 bits per heavy atom. The first-order valence-corrected chi connectivity index (χ1v) is 12.4. The first kappa shape index (κ1) is 22.7. The molecule has 0 spiro atoms. The van der Waals surface area contributed by atoms with E-state index < -0.39 is 15.9 Å². The summed E-state index contributed by atoms with van der Waals surface area (Å²) >= 11 is 1.58. The van der Waals surface area contributed by atoms with Gasteiger partial charge in [-0.1, -0.05) is 29.8 Å². The van der Waals surface area contributed by atoms with Crippen LogP contribution in [0.15, 0.2) is 65.0 Å². The number of benzene rings is 2. The van der Waals surface area contributed by atoms with E-state index in [-0.39, 0.29) is 16.3 Å². The van der Waals surface area contributed by atoms with Gasteiger partial charge in [-0.25, -0.2) is 13.4 Å². The number of sulfonamides is 1. The number of hydrogen-bond acceptors (Lipinski definition) is 6. The molecule has 0 aliphatic carbocycles. The van der Waals surface area contributed by atoms with Crippen LogP contribution in [0, 0.1) is 13.8 Å². The minimum atomic E-state index is -3.88. The van der Waals surface area contributed by atoms with E-state index in [1.54, 1.807) is 54.8 Å². The van der Waals surface area contributed by atoms with Crippen LogP contribution in [-0.4, -0.2) is 36.1 Å². The van der Waals surface area contributed by atoms with Crippen molar-refractivity contribution in [3.63, 3.8) is 0 Å². The van der Waals surface area contributed by atoms with Crippen molar-refractivity contribution < 1.29 is 13.2 Å². The van der Waals surface area contributed by atoms with Gasteiger partial charge in [-0.15, -0.1) is 11.3 Å². The highest BCUT2D eigenvalue weighted by Crippen LogP contribution is 2.27. The molecule has 0 atom stereocenters. The van der Waals surface area contributed by atoms with E-state index in [1.807, 2.05) is 31.4 Å². The van der Waals surface area contributed by atoms with Crippen molar-refractivity contribution in [3.8, 4) is 11.3 Å². The molecule has 33 heavy (non-hydrogen) atoms. The summed E-state index contributed by atoms with van der Waals surface area (Å²) in [6.45, 7) is 3.83. The van der Waals surface area contributed by atoms with Gasteiger partial charge in [0, 0.05) is 30.7 Å². The average molecular weight is 482 g/mol. The normalized spacial score (nSPS) is 11.4. The fraction of sp³-hybridized carbons (Fsp3) is 0.174. The van der Waals surface area contributed by atoms with Gasteiger partial charge < -0.3 is 5.32 Å². The minimum absolute atomic E-state index is 0.135. The molecule has 1 N–H and O–H groups in total. The first-order valence-electron chi connectivity index (χ1n) is 10.1. The van der Waals surface area contributed by atoms with Crippen LogP contribution in [0.2, 0.25) is 0 Å². The van der Waals surface area contributed by atoms with Crippen LogP contribution in [-0.2, 0) is 17.1 Å². The molecular formula is C23H23N5O3S2. The number of aromatic nitrogens is 3. The summed E-state index contributed by atoms with van der Waals surface area (Å²) < 4.78 is 28.7. The van der Waals surface area contributed by atoms with E-state index in [4.69, 9.17) is 0 Å². The number of carbonyl (C=O) groups is 1. The smallest absolute Gasteiger partial charge is 0.265 e. The molecule has 0 saturated carbocycles. The molecule has 0 radical (unpaired) electrons. The van der Waals surface area contributed by atoms with Crippen molar-refractivity contribution in [1.29, 1.82) is 0 Å². The minimum Gasteiger partial charge on any atom is -0.322 e. The summed E-state index contributed by atoms with van der Waals surface area (Å²) in [5.41, 5.74) is 3.51. The molecule has 170 valence electrons. The second-order valence-electron chi connectivity index (χ2n) is 7.57. The van der Waals surface area contributed by atoms with Crippen LogP contribution < -0.4 is 9.62 Å². The van der Waals surface area contributed by atoms with Gasteiger partial charge in [0.2, 0.25) is 0 Å². The molecule has 0 aliphatic heterocycles. The van der Waals surface area contributed by atoms with Gasteiger partial charge in [0.25, 0.3) is 15.9 Å². The fourth-order valence-electron chi connectivity index (χ4n) is 3.37. The molecule has 1 amide bonds. The summed E-state index contributed by atoms with van der Waals surface area (Å²) in [6.07, 6.45) is 1.36. The summed E-state index contributed by atoms with van der Waals surface area (Å²) in [5, 5.41) is 9.90. The Morgan fingerprint density at radius 3 is 2.33 bits per heavy atom. The largest absolute Gasteiger partial charge is 0.322 e. The number of amides is 1. The molecule has 4 aromatic rings. The van der Waals surface area contributed by atoms with Gasteiger partial charge in [0.05, 0.1) is 21.8 Å². The van der Waals surface area contributed by atoms with Crippen molar-refractivity contribution in [2.45, 2.75) is 18.7 Å². The molecule has 4 rings (SSSR count). The highest BCUT2D eigenvalue weighted by molar-refractivity contribution is 7.92. The van der Waals surface area contributed by atoms with E-state index in [2.05, 4.69) is 15.4 Å². The zero-order valence-electron chi connectivity index (χ0n) is 18.6. The van der Waals surface area contributed by atoms with Crippen LogP contribution in [0.3, 0.4) is 0 Å². The topological polar surface area (TPSA) is 97.2 Å². The third-order valence-electron chi connectivity index (χ3n) is 5.19. The van der Waals surface area contributed by atoms with Crippen molar-refractivity contribution in [3.05, 3.63) is 76.2 Å². The lowest BCUT2D eigenvalue weighted by molar-refractivity contribution is 0.102. The number of carbonyl (C=O) groups excluding carboxylic acids is 1. The Bertz CT molecular complexity index is 1410. The third-order valence-corrected chi connectivity index (χ3v) is 7.72. The number of anilines is 2. The molecule has 2 heterocycles. The maximum Gasteiger partial charge on any atom is 0.265 e. The van der Waals surface area contributed by atoms with Gasteiger partial charge in [-0.3, -0.25) is 13.8 Å². The molecule has 2 aromatic carbocycles. The van der Waals surface area contributed by atoms with Crippen LogP contribution >= 0.6 is 11.3 Å². The monoisotopic (exact) mass is 481 g/mol. The van der Waals surface area contributed by atoms with Crippen molar-refractivity contribution in [2.75, 3.05) is 16.7 Å². The third kappa shape index (κ3) is 4.53. The number of rotatable bonds is 6. The fourth-order valence-corrected chi connectivity index (χ4v) is 5.23. The summed E-state index contributed by atoms with van der Waals surface area (Å²) in [5.74, 6) is -0.288. The van der Waals surface area contributed by atoms with Gasteiger partial charge in [-0.2, -0.15) is 5.10 Å². The highest BCUT2D eigenvalue weighted by Gasteiger charge is 2.28. The maximum atomic E-state index is 13.1. The van der Waals surface area contributed by atoms with Crippen molar-refractivity contribution in [1.82, 2.24) is 14.8 Å². The number of thiazole rings is 1. The standard InChI is InChI=1S/C23H23N5O3S2/c1-15-5-11-19(12-6-15)33(30,31)28(4)23-20(13-24-27(23)3)22(29)26-18-9-7-17(8-10-18)21-14-32-16(2)25-21/h5-14H,1-4H3,(H,26,29). The molecule has 0 fully saturated rings. The Labute approximate surface area is 196 Å². The quantitative estimate of drug-likeness (QED) is 0.444. The molecule has 0 saturated heterocycles. The van der Waals surface area contributed by atoms with E-state index in [0.717, 1.165) is 26.1 Å². The first-order chi connectivity index (χ1) is 15.7. The predicted octanol–water partition coefficient (Wildman–Crippen LogP) is 4.24. The lowest BCUT2D eigenvalue weighted by Crippen LogP contribution is -2.30. The predicted molar refractivity (Wildman–Crippen MR) is 130 cm³/mol. The lowest BCUT2D eigenvalue weighted by Gasteiger charge is -2.21. The van der Waals surface area contributed by atoms with Gasteiger partial charge >= 0.3 is 0 Å². The Hall–Kier alpha value is -3.50. The summed E-state index contributed by atoms with van der Waals surface area (Å²) in [4.78, 5) is 17.6. The molecule has 0 bridgehead atoms. The molecular weight excluding hydrogens is 458 g/mol. The Balaban J connectivity index is 1.58. The highest BCUT2D eigenvalue weighted by atomic mass is 32.2. The molecule has 0 aliphatic rings. The van der Waals surface area contributed by atoms with Crippen LogP contribution in [0.5, 0.6) is 0 Å². The van der Waals surface area contributed by atoms with Gasteiger partial charge in [-0.05, 0) is 38.1 Å². The molecule has 0 unspecified atom stereocenters. The number of aryl methyl sites for hydroxylation is 3. The average Bonchev–Trinajstić information content (AvgIpc) is 3.39. The zero-order valence-corrected chi connectivity index (χ0v) is 20.2. The summed E-state index contributed by atoms with van der Waals surface area (Å²) in [6, 6.07) is 13.9. The van der Waals surface area contributed by atoms with E-state index in [0.29, 0.717) is 5.69 Å². The van der Waals surface area contributed by atoms with E-state index >= 15 is 0 Å². The van der Waals surface area contributed by atoms with Crippen LogP contribution in [0.25, 0.3) is 11.3 Å². The lowest BCUT2D eigenvalue weighted by atomic mass is 10.1. The van der Waals surface area contributed by atoms with E-state index in [9.17, 15) is 13.2 Å². The number of nitrogens with zero attached hydrogens (tertiary/aromatic N) is 4. The number of hydrogen-bond donors (Lipinski definition) is 1. The summed E-state index contributed by atoms with van der Waals surface area (Å²) in [7, 11) is -0.872. The SMILES string of the molecule is Cc1ccc(S(=O)(=O)N(C)c2c(C(=O)Nc3ccc(-c4csc(C)n4)cc3)cnn2C)cc1.